The van der Waals surface area contributed by atoms with Crippen molar-refractivity contribution in [2.75, 3.05) is 6.54 Å². The van der Waals surface area contributed by atoms with Gasteiger partial charge in [-0.3, -0.25) is 0 Å². The maximum atomic E-state index is 4.41. The Labute approximate surface area is 110 Å². The molecule has 2 aromatic heterocycles. The molecule has 0 aromatic carbocycles. The molecule has 0 bridgehead atoms. The highest BCUT2D eigenvalue weighted by Gasteiger charge is 2.08. The van der Waals surface area contributed by atoms with Crippen molar-refractivity contribution in [2.24, 2.45) is 7.05 Å². The van der Waals surface area contributed by atoms with Gasteiger partial charge in [0.2, 0.25) is 5.16 Å². The van der Waals surface area contributed by atoms with Crippen molar-refractivity contribution in [3.8, 4) is 0 Å². The number of aryl methyl sites for hydroxylation is 1. The zero-order chi connectivity index (χ0) is 13.0. The molecule has 1 atom stereocenters. The standard InChI is InChI=1S/C11H16N6S/c1-4-12-8(2)9-5-6-10(13-7-9)18-11-14-15-16-17(11)3/h5-8,12H,4H2,1-3H3. The fourth-order valence-corrected chi connectivity index (χ4v) is 2.21. The van der Waals surface area contributed by atoms with Crippen molar-refractivity contribution in [3.05, 3.63) is 23.9 Å². The van der Waals surface area contributed by atoms with Crippen molar-refractivity contribution in [1.82, 2.24) is 30.5 Å². The van der Waals surface area contributed by atoms with Crippen molar-refractivity contribution < 1.29 is 0 Å². The summed E-state index contributed by atoms with van der Waals surface area (Å²) in [5, 5.41) is 16.3. The summed E-state index contributed by atoms with van der Waals surface area (Å²) in [4.78, 5) is 4.41. The molecule has 0 fully saturated rings. The van der Waals surface area contributed by atoms with E-state index in [0.717, 1.165) is 16.7 Å². The van der Waals surface area contributed by atoms with Crippen LogP contribution in [-0.2, 0) is 7.05 Å². The van der Waals surface area contributed by atoms with Gasteiger partial charge in [-0.15, -0.1) is 5.10 Å². The van der Waals surface area contributed by atoms with Gasteiger partial charge in [0.1, 0.15) is 5.03 Å². The van der Waals surface area contributed by atoms with Crippen molar-refractivity contribution in [1.29, 1.82) is 0 Å². The smallest absolute Gasteiger partial charge is 0.215 e. The molecule has 2 rings (SSSR count). The van der Waals surface area contributed by atoms with Crippen molar-refractivity contribution in [2.45, 2.75) is 30.1 Å². The Kier molecular flexibility index (Phi) is 4.27. The minimum atomic E-state index is 0.318. The van der Waals surface area contributed by atoms with Gasteiger partial charge in [-0.05, 0) is 47.3 Å². The van der Waals surface area contributed by atoms with Crippen LogP contribution in [0.5, 0.6) is 0 Å². The maximum absolute atomic E-state index is 4.41. The van der Waals surface area contributed by atoms with Crippen LogP contribution in [0.2, 0.25) is 0 Å². The fourth-order valence-electron chi connectivity index (χ4n) is 1.53. The van der Waals surface area contributed by atoms with Crippen LogP contribution < -0.4 is 5.32 Å². The van der Waals surface area contributed by atoms with E-state index in [1.807, 2.05) is 19.3 Å². The van der Waals surface area contributed by atoms with E-state index in [1.165, 1.54) is 17.3 Å². The van der Waals surface area contributed by atoms with E-state index in [9.17, 15) is 0 Å². The van der Waals surface area contributed by atoms with Crippen LogP contribution >= 0.6 is 11.8 Å². The van der Waals surface area contributed by atoms with Crippen molar-refractivity contribution in [3.63, 3.8) is 0 Å². The Bertz CT molecular complexity index is 494. The number of hydrogen-bond donors (Lipinski definition) is 1. The predicted molar refractivity (Wildman–Crippen MR) is 69.2 cm³/mol. The maximum Gasteiger partial charge on any atom is 0.215 e. The molecule has 0 radical (unpaired) electrons. The van der Waals surface area contributed by atoms with Crippen LogP contribution in [0.4, 0.5) is 0 Å². The second-order valence-electron chi connectivity index (χ2n) is 3.90. The zero-order valence-corrected chi connectivity index (χ0v) is 11.5. The number of tetrazole rings is 1. The Balaban J connectivity index is 2.06. The minimum Gasteiger partial charge on any atom is -0.310 e. The van der Waals surface area contributed by atoms with E-state index in [0.29, 0.717) is 6.04 Å². The second-order valence-corrected chi connectivity index (χ2v) is 4.88. The Morgan fingerprint density at radius 2 is 2.28 bits per heavy atom. The summed E-state index contributed by atoms with van der Waals surface area (Å²) in [6.45, 7) is 5.16. The molecule has 0 aliphatic rings. The van der Waals surface area contributed by atoms with Crippen molar-refractivity contribution >= 4 is 11.8 Å². The monoisotopic (exact) mass is 264 g/mol. The fraction of sp³-hybridized carbons (Fsp3) is 0.455. The van der Waals surface area contributed by atoms with E-state index in [2.05, 4.69) is 45.7 Å². The highest BCUT2D eigenvalue weighted by molar-refractivity contribution is 7.99. The number of nitrogens with one attached hydrogen (secondary N) is 1. The van der Waals surface area contributed by atoms with Gasteiger partial charge < -0.3 is 5.32 Å². The molecule has 0 saturated heterocycles. The highest BCUT2D eigenvalue weighted by atomic mass is 32.2. The molecule has 0 aliphatic heterocycles. The van der Waals surface area contributed by atoms with Crippen LogP contribution in [0, 0.1) is 0 Å². The average Bonchev–Trinajstić information content (AvgIpc) is 2.76. The van der Waals surface area contributed by atoms with Gasteiger partial charge in [-0.1, -0.05) is 13.0 Å². The van der Waals surface area contributed by atoms with Gasteiger partial charge in [-0.2, -0.15) is 0 Å². The summed E-state index contributed by atoms with van der Waals surface area (Å²) >= 11 is 1.45. The molecule has 1 unspecified atom stereocenters. The summed E-state index contributed by atoms with van der Waals surface area (Å²) in [6, 6.07) is 4.38. The second kappa shape index (κ2) is 5.92. The summed E-state index contributed by atoms with van der Waals surface area (Å²) in [5.41, 5.74) is 1.18. The first-order valence-corrected chi connectivity index (χ1v) is 6.62. The summed E-state index contributed by atoms with van der Waals surface area (Å²) in [7, 11) is 1.81. The summed E-state index contributed by atoms with van der Waals surface area (Å²) in [5.74, 6) is 0. The molecule has 0 aliphatic carbocycles. The zero-order valence-electron chi connectivity index (χ0n) is 10.7. The minimum absolute atomic E-state index is 0.318. The molecule has 7 heteroatoms. The predicted octanol–water partition coefficient (Wildman–Crippen LogP) is 1.43. The van der Waals surface area contributed by atoms with Gasteiger partial charge in [0.15, 0.2) is 0 Å². The van der Waals surface area contributed by atoms with E-state index in [1.54, 1.807) is 4.68 Å². The molecule has 2 aromatic rings. The highest BCUT2D eigenvalue weighted by Crippen LogP contribution is 2.23. The lowest BCUT2D eigenvalue weighted by Gasteiger charge is -2.12. The molecule has 0 amide bonds. The summed E-state index contributed by atoms with van der Waals surface area (Å²) in [6.07, 6.45) is 1.89. The topological polar surface area (TPSA) is 68.5 Å². The van der Waals surface area contributed by atoms with Gasteiger partial charge >= 0.3 is 0 Å². The quantitative estimate of drug-likeness (QED) is 0.881. The van der Waals surface area contributed by atoms with Gasteiger partial charge in [-0.25, -0.2) is 9.67 Å². The van der Waals surface area contributed by atoms with E-state index >= 15 is 0 Å². The first kappa shape index (κ1) is 13.0. The van der Waals surface area contributed by atoms with Crippen LogP contribution in [0.1, 0.15) is 25.5 Å². The Hall–Kier alpha value is -1.47. The molecular formula is C11H16N6S. The third-order valence-electron chi connectivity index (χ3n) is 2.55. The van der Waals surface area contributed by atoms with E-state index < -0.39 is 0 Å². The molecule has 18 heavy (non-hydrogen) atoms. The molecule has 1 N–H and O–H groups in total. The molecule has 2 heterocycles. The van der Waals surface area contributed by atoms with Gasteiger partial charge in [0.25, 0.3) is 0 Å². The Morgan fingerprint density at radius 1 is 1.44 bits per heavy atom. The molecule has 0 spiro atoms. The lowest BCUT2D eigenvalue weighted by molar-refractivity contribution is 0.595. The third-order valence-corrected chi connectivity index (χ3v) is 3.53. The number of pyridine rings is 1. The number of rotatable bonds is 5. The first-order valence-electron chi connectivity index (χ1n) is 5.80. The average molecular weight is 264 g/mol. The summed E-state index contributed by atoms with van der Waals surface area (Å²) < 4.78 is 1.63. The van der Waals surface area contributed by atoms with Crippen LogP contribution in [-0.4, -0.2) is 31.7 Å². The molecule has 6 nitrogen and oxygen atoms in total. The van der Waals surface area contributed by atoms with E-state index in [4.69, 9.17) is 0 Å². The van der Waals surface area contributed by atoms with Crippen LogP contribution in [0.25, 0.3) is 0 Å². The largest absolute Gasteiger partial charge is 0.310 e. The molecule has 0 saturated carbocycles. The molecular weight excluding hydrogens is 248 g/mol. The number of nitrogens with zero attached hydrogens (tertiary/aromatic N) is 5. The van der Waals surface area contributed by atoms with Gasteiger partial charge in [0.05, 0.1) is 0 Å². The first-order chi connectivity index (χ1) is 8.70. The van der Waals surface area contributed by atoms with Crippen LogP contribution in [0.15, 0.2) is 28.5 Å². The SMILES string of the molecule is CCNC(C)c1ccc(Sc2nnnn2C)nc1. The van der Waals surface area contributed by atoms with Gasteiger partial charge in [0, 0.05) is 19.3 Å². The Morgan fingerprint density at radius 3 is 2.83 bits per heavy atom. The lowest BCUT2D eigenvalue weighted by atomic mass is 10.1. The normalized spacial score (nSPS) is 12.6. The van der Waals surface area contributed by atoms with E-state index in [-0.39, 0.29) is 0 Å². The third kappa shape index (κ3) is 3.05. The lowest BCUT2D eigenvalue weighted by Crippen LogP contribution is -2.17. The number of aromatic nitrogens is 5. The molecule has 96 valence electrons. The number of hydrogen-bond acceptors (Lipinski definition) is 6. The van der Waals surface area contributed by atoms with Crippen LogP contribution in [0.3, 0.4) is 0 Å².